The molecule has 10 aromatic rings. The van der Waals surface area contributed by atoms with Gasteiger partial charge in [0.15, 0.2) is 17.5 Å². The monoisotopic (exact) mass is 645 g/mol. The van der Waals surface area contributed by atoms with Gasteiger partial charge in [-0.15, -0.1) is 0 Å². The zero-order valence-corrected chi connectivity index (χ0v) is 26.5. The van der Waals surface area contributed by atoms with Gasteiger partial charge in [-0.05, 0) is 47.5 Å². The molecule has 0 aliphatic carbocycles. The van der Waals surface area contributed by atoms with Crippen LogP contribution in [0.5, 0.6) is 0 Å². The summed E-state index contributed by atoms with van der Waals surface area (Å²) in [6, 6.07) is 44.2. The first-order chi connectivity index (χ1) is 26.9. The molecule has 5 heteroatoms. The van der Waals surface area contributed by atoms with Gasteiger partial charge in [0.05, 0.1) is 23.5 Å². The van der Waals surface area contributed by atoms with Crippen molar-refractivity contribution in [1.29, 1.82) is 0 Å². The molecule has 0 aliphatic heterocycles. The second-order valence-electron chi connectivity index (χ2n) is 12.1. The van der Waals surface area contributed by atoms with Gasteiger partial charge in [-0.3, -0.25) is 0 Å². The SMILES string of the molecule is [2H]c1c([2H])c([2H])c(-c2nc(-c3ccccc3)nc(-c3cc(-n4c5ccccc5c5ccccc54)cc4c3oc3ccc(-c5ccccc5)cc34)n2)c([2H])c1[2H]. The lowest BCUT2D eigenvalue weighted by molar-refractivity contribution is 0.669. The number of hydrogen-bond donors (Lipinski definition) is 0. The second-order valence-corrected chi connectivity index (χ2v) is 12.1. The Hall–Kier alpha value is -6.85. The van der Waals surface area contributed by atoms with Crippen molar-refractivity contribution in [3.8, 4) is 51.0 Å². The Morgan fingerprint density at radius 1 is 0.460 bits per heavy atom. The first-order valence-electron chi connectivity index (χ1n) is 18.8. The molecule has 0 aliphatic rings. The Labute approximate surface area is 294 Å². The van der Waals surface area contributed by atoms with E-state index in [4.69, 9.17) is 26.2 Å². The standard InChI is InChI=1S/C45H28N4O/c1-4-14-29(15-5-1)32-24-25-41-36(26-32)37-27-33(49-39-22-12-10-20-34(39)35-21-11-13-23-40(35)49)28-38(42(37)50-41)45-47-43(30-16-6-2-7-17-30)46-44(48-45)31-18-8-3-9-19-31/h1-28H/i2D,6D,7D,16D,17D. The lowest BCUT2D eigenvalue weighted by atomic mass is 10.0. The van der Waals surface area contributed by atoms with Crippen LogP contribution < -0.4 is 0 Å². The van der Waals surface area contributed by atoms with Crippen LogP contribution in [0.4, 0.5) is 0 Å². The largest absolute Gasteiger partial charge is 0.455 e. The van der Waals surface area contributed by atoms with Gasteiger partial charge in [0.2, 0.25) is 0 Å². The van der Waals surface area contributed by atoms with E-state index < -0.39 is 30.2 Å². The summed E-state index contributed by atoms with van der Waals surface area (Å²) < 4.78 is 51.6. The van der Waals surface area contributed by atoms with Crippen molar-refractivity contribution in [2.24, 2.45) is 0 Å². The van der Waals surface area contributed by atoms with Gasteiger partial charge in [-0.1, -0.05) is 133 Å². The van der Waals surface area contributed by atoms with Gasteiger partial charge < -0.3 is 8.98 Å². The summed E-state index contributed by atoms with van der Waals surface area (Å²) in [5.41, 5.74) is 7.34. The minimum Gasteiger partial charge on any atom is -0.455 e. The maximum absolute atomic E-state index is 8.81. The van der Waals surface area contributed by atoms with E-state index in [2.05, 4.69) is 53.1 Å². The van der Waals surface area contributed by atoms with Gasteiger partial charge in [-0.25, -0.2) is 15.0 Å². The molecule has 0 spiro atoms. The van der Waals surface area contributed by atoms with Gasteiger partial charge in [0, 0.05) is 38.4 Å². The van der Waals surface area contributed by atoms with Crippen LogP contribution in [-0.4, -0.2) is 19.5 Å². The van der Waals surface area contributed by atoms with E-state index in [9.17, 15) is 0 Å². The molecule has 0 radical (unpaired) electrons. The van der Waals surface area contributed by atoms with Crippen molar-refractivity contribution in [1.82, 2.24) is 19.5 Å². The molecular formula is C45H28N4O. The number of benzene rings is 7. The molecule has 0 saturated carbocycles. The quantitative estimate of drug-likeness (QED) is 0.187. The van der Waals surface area contributed by atoms with E-state index in [1.807, 2.05) is 91.0 Å². The van der Waals surface area contributed by atoms with Crippen LogP contribution in [-0.2, 0) is 0 Å². The zero-order valence-electron chi connectivity index (χ0n) is 31.5. The topological polar surface area (TPSA) is 56.7 Å². The summed E-state index contributed by atoms with van der Waals surface area (Å²) in [6.45, 7) is 0. The lowest BCUT2D eigenvalue weighted by Gasteiger charge is -2.12. The highest BCUT2D eigenvalue weighted by Crippen LogP contribution is 2.41. The fourth-order valence-corrected chi connectivity index (χ4v) is 6.86. The average Bonchev–Trinajstić information content (AvgIpc) is 3.78. The summed E-state index contributed by atoms with van der Waals surface area (Å²) in [6.07, 6.45) is 0. The van der Waals surface area contributed by atoms with E-state index >= 15 is 0 Å². The molecule has 3 aromatic heterocycles. The van der Waals surface area contributed by atoms with E-state index in [1.54, 1.807) is 0 Å². The Balaban J connectivity index is 1.33. The molecule has 0 unspecified atom stereocenters. The molecule has 0 bridgehead atoms. The van der Waals surface area contributed by atoms with Crippen LogP contribution >= 0.6 is 0 Å². The predicted octanol–water partition coefficient (Wildman–Crippen LogP) is 11.5. The fourth-order valence-electron chi connectivity index (χ4n) is 6.86. The van der Waals surface area contributed by atoms with E-state index in [1.165, 1.54) is 0 Å². The Bertz CT molecular complexity index is 3080. The number of fused-ring (bicyclic) bond motifs is 6. The van der Waals surface area contributed by atoms with Crippen LogP contribution in [0.25, 0.3) is 94.7 Å². The van der Waals surface area contributed by atoms with E-state index in [0.29, 0.717) is 22.3 Å². The van der Waals surface area contributed by atoms with E-state index in [0.717, 1.165) is 49.4 Å². The van der Waals surface area contributed by atoms with Crippen LogP contribution in [0.2, 0.25) is 0 Å². The first-order valence-corrected chi connectivity index (χ1v) is 16.3. The minimum absolute atomic E-state index is 0.0428. The van der Waals surface area contributed by atoms with Crippen molar-refractivity contribution in [3.05, 3.63) is 170 Å². The summed E-state index contributed by atoms with van der Waals surface area (Å²) in [7, 11) is 0. The fraction of sp³-hybridized carbons (Fsp3) is 0. The Morgan fingerprint density at radius 2 is 1.06 bits per heavy atom. The molecule has 0 fully saturated rings. The predicted molar refractivity (Wildman–Crippen MR) is 203 cm³/mol. The van der Waals surface area contributed by atoms with Crippen molar-refractivity contribution < 1.29 is 11.3 Å². The molecule has 10 rings (SSSR count). The molecule has 5 nitrogen and oxygen atoms in total. The van der Waals surface area contributed by atoms with Crippen molar-refractivity contribution >= 4 is 43.7 Å². The lowest BCUT2D eigenvalue weighted by Crippen LogP contribution is -2.01. The molecular weight excluding hydrogens is 613 g/mol. The molecule has 3 heterocycles. The number of hydrogen-bond acceptors (Lipinski definition) is 4. The Morgan fingerprint density at radius 3 is 1.76 bits per heavy atom. The average molecular weight is 646 g/mol. The smallest absolute Gasteiger partial charge is 0.167 e. The molecule has 0 N–H and O–H groups in total. The number of rotatable bonds is 5. The molecule has 234 valence electrons. The molecule has 0 saturated heterocycles. The maximum Gasteiger partial charge on any atom is 0.167 e. The van der Waals surface area contributed by atoms with Crippen LogP contribution in [0.1, 0.15) is 6.85 Å². The summed E-state index contributed by atoms with van der Waals surface area (Å²) >= 11 is 0. The third-order valence-corrected chi connectivity index (χ3v) is 9.13. The second kappa shape index (κ2) is 11.4. The molecule has 0 atom stereocenters. The molecule has 0 amide bonds. The highest BCUT2D eigenvalue weighted by atomic mass is 16.3. The van der Waals surface area contributed by atoms with E-state index in [-0.39, 0.29) is 23.0 Å². The van der Waals surface area contributed by atoms with Gasteiger partial charge in [0.1, 0.15) is 11.2 Å². The van der Waals surface area contributed by atoms with Crippen LogP contribution in [0, 0.1) is 0 Å². The number of nitrogens with zero attached hydrogens (tertiary/aromatic N) is 4. The third-order valence-electron chi connectivity index (χ3n) is 9.13. The zero-order chi connectivity index (χ0) is 37.4. The van der Waals surface area contributed by atoms with Gasteiger partial charge in [0.25, 0.3) is 0 Å². The van der Waals surface area contributed by atoms with Crippen molar-refractivity contribution in [2.75, 3.05) is 0 Å². The number of furan rings is 1. The van der Waals surface area contributed by atoms with Crippen LogP contribution in [0.3, 0.4) is 0 Å². The van der Waals surface area contributed by atoms with Crippen molar-refractivity contribution in [2.45, 2.75) is 0 Å². The third kappa shape index (κ3) is 4.60. The number of para-hydroxylation sites is 2. The summed E-state index contributed by atoms with van der Waals surface area (Å²) in [4.78, 5) is 14.6. The maximum atomic E-state index is 8.81. The Kier molecular flexibility index (Phi) is 5.35. The number of aromatic nitrogens is 4. The summed E-state index contributed by atoms with van der Waals surface area (Å²) in [5.74, 6) is 0.467. The van der Waals surface area contributed by atoms with Gasteiger partial charge in [-0.2, -0.15) is 0 Å². The molecule has 7 aromatic carbocycles. The normalized spacial score (nSPS) is 13.0. The van der Waals surface area contributed by atoms with Crippen molar-refractivity contribution in [3.63, 3.8) is 0 Å². The first kappa shape index (κ1) is 23.5. The van der Waals surface area contributed by atoms with Crippen LogP contribution in [0.15, 0.2) is 174 Å². The minimum atomic E-state index is -0.492. The molecule has 50 heavy (non-hydrogen) atoms. The van der Waals surface area contributed by atoms with Gasteiger partial charge >= 0.3 is 0 Å². The highest BCUT2D eigenvalue weighted by molar-refractivity contribution is 6.13. The summed E-state index contributed by atoms with van der Waals surface area (Å²) in [5, 5.41) is 3.97. The highest BCUT2D eigenvalue weighted by Gasteiger charge is 2.21.